The van der Waals surface area contributed by atoms with Gasteiger partial charge in [-0.25, -0.2) is 9.78 Å². The van der Waals surface area contributed by atoms with E-state index in [-0.39, 0.29) is 5.69 Å². The van der Waals surface area contributed by atoms with Crippen LogP contribution in [0.15, 0.2) is 29.1 Å². The Kier molecular flexibility index (Phi) is 6.06. The van der Waals surface area contributed by atoms with E-state index in [2.05, 4.69) is 53.8 Å². The number of piperazine rings is 1. The molecular weight excluding hydrogens is 410 g/mol. The highest BCUT2D eigenvalue weighted by Crippen LogP contribution is 2.26. The minimum Gasteiger partial charge on any atom is -0.475 e. The van der Waals surface area contributed by atoms with Gasteiger partial charge >= 0.3 is 5.69 Å². The van der Waals surface area contributed by atoms with Crippen LogP contribution >= 0.6 is 0 Å². The fourth-order valence-electron chi connectivity index (χ4n) is 4.11. The van der Waals surface area contributed by atoms with Crippen molar-refractivity contribution in [3.63, 3.8) is 0 Å². The molecular formula is C22H29N7O3. The Morgan fingerprint density at radius 2 is 1.75 bits per heavy atom. The van der Waals surface area contributed by atoms with Gasteiger partial charge in [-0.3, -0.25) is 14.9 Å². The molecule has 170 valence electrons. The first-order valence-electron chi connectivity index (χ1n) is 11.1. The van der Waals surface area contributed by atoms with Crippen LogP contribution in [-0.4, -0.2) is 102 Å². The SMILES string of the molecule is CN1CCN(c2ccc(-c3nc(OCCN4CCOCC4)c4[nH]c(=O)[nH]c4n3)cc2)CC1. The maximum absolute atomic E-state index is 11.9. The molecule has 2 aliphatic rings. The van der Waals surface area contributed by atoms with Crippen molar-refractivity contribution in [2.45, 2.75) is 0 Å². The zero-order valence-corrected chi connectivity index (χ0v) is 18.3. The second kappa shape index (κ2) is 9.27. The highest BCUT2D eigenvalue weighted by molar-refractivity contribution is 5.78. The van der Waals surface area contributed by atoms with Crippen LogP contribution in [-0.2, 0) is 4.74 Å². The molecule has 2 aromatic heterocycles. The standard InChI is InChI=1S/C22H29N7O3/c1-27-6-8-29(9-7-27)17-4-2-16(3-5-17)19-24-20-18(23-22(30)26-20)21(25-19)32-15-12-28-10-13-31-14-11-28/h2-5H,6-15H2,1H3,(H2,23,24,25,26,30). The predicted octanol–water partition coefficient (Wildman–Crippen LogP) is 0.776. The van der Waals surface area contributed by atoms with Gasteiger partial charge in [0.05, 0.1) is 13.2 Å². The number of ether oxygens (including phenoxy) is 2. The van der Waals surface area contributed by atoms with Gasteiger partial charge in [-0.15, -0.1) is 0 Å². The third-order valence-electron chi connectivity index (χ3n) is 6.09. The first-order chi connectivity index (χ1) is 15.7. The molecule has 32 heavy (non-hydrogen) atoms. The summed E-state index contributed by atoms with van der Waals surface area (Å²) in [5.74, 6) is 0.916. The summed E-state index contributed by atoms with van der Waals surface area (Å²) in [7, 11) is 2.15. The summed E-state index contributed by atoms with van der Waals surface area (Å²) >= 11 is 0. The van der Waals surface area contributed by atoms with Crippen molar-refractivity contribution in [1.29, 1.82) is 0 Å². The van der Waals surface area contributed by atoms with Gasteiger partial charge in [0.15, 0.2) is 11.5 Å². The number of imidazole rings is 1. The van der Waals surface area contributed by atoms with Gasteiger partial charge in [0.1, 0.15) is 12.1 Å². The zero-order chi connectivity index (χ0) is 21.9. The van der Waals surface area contributed by atoms with E-state index in [9.17, 15) is 4.79 Å². The van der Waals surface area contributed by atoms with Crippen molar-refractivity contribution < 1.29 is 9.47 Å². The number of aromatic amines is 2. The summed E-state index contributed by atoms with van der Waals surface area (Å²) in [5, 5.41) is 0. The number of nitrogens with zero attached hydrogens (tertiary/aromatic N) is 5. The first kappa shape index (κ1) is 20.9. The quantitative estimate of drug-likeness (QED) is 0.581. The molecule has 5 rings (SSSR count). The number of aromatic nitrogens is 4. The van der Waals surface area contributed by atoms with E-state index in [1.807, 2.05) is 12.1 Å². The van der Waals surface area contributed by atoms with E-state index in [1.165, 1.54) is 5.69 Å². The van der Waals surface area contributed by atoms with Crippen LogP contribution in [0.25, 0.3) is 22.6 Å². The molecule has 0 unspecified atom stereocenters. The van der Waals surface area contributed by atoms with Crippen LogP contribution in [0, 0.1) is 0 Å². The normalized spacial score (nSPS) is 18.3. The third kappa shape index (κ3) is 4.62. The third-order valence-corrected chi connectivity index (χ3v) is 6.09. The van der Waals surface area contributed by atoms with Gasteiger partial charge in [-0.05, 0) is 31.3 Å². The minimum atomic E-state index is -0.324. The molecule has 0 saturated carbocycles. The molecule has 0 radical (unpaired) electrons. The first-order valence-corrected chi connectivity index (χ1v) is 11.1. The monoisotopic (exact) mass is 439 g/mol. The summed E-state index contributed by atoms with van der Waals surface area (Å²) < 4.78 is 11.4. The number of hydrogen-bond acceptors (Lipinski definition) is 8. The van der Waals surface area contributed by atoms with Crippen LogP contribution < -0.4 is 15.3 Å². The molecule has 10 nitrogen and oxygen atoms in total. The second-order valence-electron chi connectivity index (χ2n) is 8.29. The van der Waals surface area contributed by atoms with Crippen LogP contribution in [0.5, 0.6) is 5.88 Å². The molecule has 2 N–H and O–H groups in total. The minimum absolute atomic E-state index is 0.324. The fourth-order valence-corrected chi connectivity index (χ4v) is 4.11. The molecule has 2 aliphatic heterocycles. The lowest BCUT2D eigenvalue weighted by Crippen LogP contribution is -2.44. The van der Waals surface area contributed by atoms with Crippen molar-refractivity contribution >= 4 is 16.9 Å². The van der Waals surface area contributed by atoms with Crippen LogP contribution in [0.2, 0.25) is 0 Å². The fraction of sp³-hybridized carbons (Fsp3) is 0.500. The second-order valence-corrected chi connectivity index (χ2v) is 8.29. The Balaban J connectivity index is 1.34. The van der Waals surface area contributed by atoms with Crippen molar-refractivity contribution in [2.24, 2.45) is 0 Å². The number of likely N-dealkylation sites (N-methyl/N-ethyl adjacent to an activating group) is 1. The molecule has 0 amide bonds. The number of nitrogens with one attached hydrogen (secondary N) is 2. The highest BCUT2D eigenvalue weighted by Gasteiger charge is 2.17. The van der Waals surface area contributed by atoms with Crippen LogP contribution in [0.1, 0.15) is 0 Å². The van der Waals surface area contributed by atoms with E-state index in [0.717, 1.165) is 64.6 Å². The molecule has 4 heterocycles. The topological polar surface area (TPSA) is 103 Å². The van der Waals surface area contributed by atoms with E-state index in [0.29, 0.717) is 29.5 Å². The molecule has 0 aliphatic carbocycles. The molecule has 1 aromatic carbocycles. The molecule has 10 heteroatoms. The van der Waals surface area contributed by atoms with Crippen molar-refractivity contribution in [2.75, 3.05) is 77.6 Å². The van der Waals surface area contributed by atoms with Gasteiger partial charge < -0.3 is 19.3 Å². The number of anilines is 1. The summed E-state index contributed by atoms with van der Waals surface area (Å²) in [5.41, 5.74) is 2.69. The molecule has 2 saturated heterocycles. The maximum atomic E-state index is 11.9. The summed E-state index contributed by atoms with van der Waals surface area (Å²) in [6, 6.07) is 8.26. The van der Waals surface area contributed by atoms with Gasteiger partial charge in [0.2, 0.25) is 5.88 Å². The molecule has 0 bridgehead atoms. The van der Waals surface area contributed by atoms with Gasteiger partial charge in [0, 0.05) is 57.1 Å². The maximum Gasteiger partial charge on any atom is 0.325 e. The Labute approximate surface area is 186 Å². The Hall–Kier alpha value is -2.95. The molecule has 3 aromatic rings. The van der Waals surface area contributed by atoms with Crippen molar-refractivity contribution in [3.8, 4) is 17.3 Å². The number of fused-ring (bicyclic) bond motifs is 1. The van der Waals surface area contributed by atoms with Crippen molar-refractivity contribution in [3.05, 3.63) is 34.7 Å². The van der Waals surface area contributed by atoms with E-state index < -0.39 is 0 Å². The highest BCUT2D eigenvalue weighted by atomic mass is 16.5. The smallest absolute Gasteiger partial charge is 0.325 e. The van der Waals surface area contributed by atoms with Gasteiger partial charge in [0.25, 0.3) is 0 Å². The Bertz CT molecular complexity index is 1100. The van der Waals surface area contributed by atoms with Gasteiger partial charge in [-0.1, -0.05) is 0 Å². The molecule has 2 fully saturated rings. The van der Waals surface area contributed by atoms with Gasteiger partial charge in [-0.2, -0.15) is 4.98 Å². The van der Waals surface area contributed by atoms with E-state index >= 15 is 0 Å². The zero-order valence-electron chi connectivity index (χ0n) is 18.3. The number of benzene rings is 1. The Morgan fingerprint density at radius 3 is 2.50 bits per heavy atom. The number of H-pyrrole nitrogens is 2. The summed E-state index contributed by atoms with van der Waals surface area (Å²) in [6.07, 6.45) is 0. The summed E-state index contributed by atoms with van der Waals surface area (Å²) in [4.78, 5) is 33.6. The lowest BCUT2D eigenvalue weighted by atomic mass is 10.1. The largest absolute Gasteiger partial charge is 0.475 e. The van der Waals surface area contributed by atoms with Crippen LogP contribution in [0.3, 0.4) is 0 Å². The predicted molar refractivity (Wildman–Crippen MR) is 122 cm³/mol. The van der Waals surface area contributed by atoms with E-state index in [4.69, 9.17) is 9.47 Å². The average molecular weight is 440 g/mol. The Morgan fingerprint density at radius 1 is 1.00 bits per heavy atom. The number of morpholine rings is 1. The molecule has 0 atom stereocenters. The lowest BCUT2D eigenvalue weighted by Gasteiger charge is -2.34. The number of rotatable bonds is 6. The van der Waals surface area contributed by atoms with E-state index in [1.54, 1.807) is 0 Å². The van der Waals surface area contributed by atoms with Crippen LogP contribution in [0.4, 0.5) is 5.69 Å². The average Bonchev–Trinajstić information content (AvgIpc) is 3.21. The lowest BCUT2D eigenvalue weighted by molar-refractivity contribution is 0.0321. The number of hydrogen-bond donors (Lipinski definition) is 2. The summed E-state index contributed by atoms with van der Waals surface area (Å²) in [6.45, 7) is 8.70. The molecule has 0 spiro atoms. The van der Waals surface area contributed by atoms with Crippen molar-refractivity contribution in [1.82, 2.24) is 29.7 Å².